The van der Waals surface area contributed by atoms with E-state index in [1.54, 1.807) is 7.11 Å². The molecule has 30 heavy (non-hydrogen) atoms. The van der Waals surface area contributed by atoms with Crippen molar-refractivity contribution in [1.82, 2.24) is 19.2 Å². The summed E-state index contributed by atoms with van der Waals surface area (Å²) in [6, 6.07) is 21.8. The molecule has 6 heteroatoms. The Morgan fingerprint density at radius 2 is 1.67 bits per heavy atom. The highest BCUT2D eigenvalue weighted by molar-refractivity contribution is 6.30. The molecule has 5 rings (SSSR count). The van der Waals surface area contributed by atoms with E-state index in [1.807, 2.05) is 95.1 Å². The molecule has 0 radical (unpaired) electrons. The molecule has 0 aliphatic heterocycles. The zero-order chi connectivity index (χ0) is 20.7. The van der Waals surface area contributed by atoms with Crippen molar-refractivity contribution in [1.29, 1.82) is 0 Å². The summed E-state index contributed by atoms with van der Waals surface area (Å²) in [5, 5.41) is 5.51. The number of hydrogen-bond donors (Lipinski definition) is 0. The van der Waals surface area contributed by atoms with E-state index in [9.17, 15) is 0 Å². The Kier molecular flexibility index (Phi) is 4.52. The van der Waals surface area contributed by atoms with E-state index in [0.29, 0.717) is 5.02 Å². The summed E-state index contributed by atoms with van der Waals surface area (Å²) in [5.41, 5.74) is 5.63. The molecular formula is C24H19ClN4O. The van der Waals surface area contributed by atoms with Crippen LogP contribution in [0.15, 0.2) is 79.1 Å². The maximum absolute atomic E-state index is 6.28. The summed E-state index contributed by atoms with van der Waals surface area (Å²) in [6.45, 7) is 2.01. The molecule has 3 heterocycles. The molecule has 0 aliphatic carbocycles. The minimum atomic E-state index is 0.680. The number of hydrogen-bond acceptors (Lipinski definition) is 3. The third-order valence-corrected chi connectivity index (χ3v) is 5.35. The Balaban J connectivity index is 1.81. The van der Waals surface area contributed by atoms with Crippen LogP contribution < -0.4 is 4.74 Å². The van der Waals surface area contributed by atoms with Crippen LogP contribution in [0.4, 0.5) is 0 Å². The first-order valence-corrected chi connectivity index (χ1v) is 9.96. The highest BCUT2D eigenvalue weighted by Gasteiger charge is 2.18. The Morgan fingerprint density at radius 3 is 2.37 bits per heavy atom. The second kappa shape index (κ2) is 7.35. The van der Waals surface area contributed by atoms with Crippen LogP contribution in [0.5, 0.6) is 5.75 Å². The van der Waals surface area contributed by atoms with Gasteiger partial charge in [-0.1, -0.05) is 35.9 Å². The van der Waals surface area contributed by atoms with Crippen molar-refractivity contribution in [2.24, 2.45) is 0 Å². The number of aromatic nitrogens is 4. The number of fused-ring (bicyclic) bond motifs is 1. The van der Waals surface area contributed by atoms with Gasteiger partial charge in [-0.2, -0.15) is 5.10 Å². The lowest BCUT2D eigenvalue weighted by molar-refractivity contribution is 0.415. The number of methoxy groups -OCH3 is 1. The van der Waals surface area contributed by atoms with Crippen molar-refractivity contribution in [3.05, 3.63) is 89.8 Å². The van der Waals surface area contributed by atoms with Gasteiger partial charge in [-0.25, -0.2) is 9.50 Å². The van der Waals surface area contributed by atoms with Crippen LogP contribution in [0.1, 0.15) is 5.69 Å². The van der Waals surface area contributed by atoms with E-state index in [4.69, 9.17) is 26.4 Å². The average Bonchev–Trinajstić information content (AvgIpc) is 3.40. The van der Waals surface area contributed by atoms with Crippen LogP contribution in [-0.2, 0) is 0 Å². The predicted octanol–water partition coefficient (Wildman–Crippen LogP) is 5.82. The number of nitrogens with zero attached hydrogens (tertiary/aromatic N) is 4. The summed E-state index contributed by atoms with van der Waals surface area (Å²) in [6.07, 6.45) is 3.97. The minimum Gasteiger partial charge on any atom is -0.497 e. The lowest BCUT2D eigenvalue weighted by Gasteiger charge is -2.10. The molecule has 0 N–H and O–H groups in total. The van der Waals surface area contributed by atoms with Crippen LogP contribution in [-0.4, -0.2) is 26.3 Å². The van der Waals surface area contributed by atoms with Gasteiger partial charge in [0.05, 0.1) is 18.5 Å². The third-order valence-electron chi connectivity index (χ3n) is 5.12. The Labute approximate surface area is 179 Å². The van der Waals surface area contributed by atoms with E-state index < -0.39 is 0 Å². The largest absolute Gasteiger partial charge is 0.497 e. The van der Waals surface area contributed by atoms with E-state index in [2.05, 4.69) is 0 Å². The van der Waals surface area contributed by atoms with Crippen molar-refractivity contribution in [2.75, 3.05) is 7.11 Å². The summed E-state index contributed by atoms with van der Waals surface area (Å²) in [5.74, 6) is 1.63. The van der Waals surface area contributed by atoms with Gasteiger partial charge in [0.25, 0.3) is 0 Å². The van der Waals surface area contributed by atoms with Crippen molar-refractivity contribution in [3.63, 3.8) is 0 Å². The van der Waals surface area contributed by atoms with E-state index >= 15 is 0 Å². The zero-order valence-electron chi connectivity index (χ0n) is 16.6. The first kappa shape index (κ1) is 18.5. The Morgan fingerprint density at radius 1 is 0.900 bits per heavy atom. The fraction of sp³-hybridized carbons (Fsp3) is 0.0833. The van der Waals surface area contributed by atoms with Gasteiger partial charge in [0, 0.05) is 34.6 Å². The van der Waals surface area contributed by atoms with Gasteiger partial charge in [-0.15, -0.1) is 0 Å². The fourth-order valence-corrected chi connectivity index (χ4v) is 3.87. The quantitative estimate of drug-likeness (QED) is 0.372. The van der Waals surface area contributed by atoms with Gasteiger partial charge < -0.3 is 9.30 Å². The smallest absolute Gasteiger partial charge is 0.166 e. The maximum atomic E-state index is 6.28. The second-order valence-corrected chi connectivity index (χ2v) is 7.46. The highest BCUT2D eigenvalue weighted by Crippen LogP contribution is 2.33. The van der Waals surface area contributed by atoms with Gasteiger partial charge in [-0.05, 0) is 48.9 Å². The van der Waals surface area contributed by atoms with E-state index in [0.717, 1.165) is 45.3 Å². The SMILES string of the molecule is COc1ccc(-c2c(C)nn3c(-c4cccc(Cl)c4)cc(-n4cccc4)nc23)cc1. The van der Waals surface area contributed by atoms with Crippen LogP contribution in [0.25, 0.3) is 33.8 Å². The normalized spacial score (nSPS) is 11.2. The van der Waals surface area contributed by atoms with Gasteiger partial charge in [0.15, 0.2) is 5.65 Å². The molecule has 5 aromatic rings. The topological polar surface area (TPSA) is 44.4 Å². The first-order valence-electron chi connectivity index (χ1n) is 9.58. The van der Waals surface area contributed by atoms with Gasteiger partial charge in [0.2, 0.25) is 0 Å². The van der Waals surface area contributed by atoms with Gasteiger partial charge in [-0.3, -0.25) is 0 Å². The van der Waals surface area contributed by atoms with Crippen molar-refractivity contribution in [3.8, 4) is 34.0 Å². The number of halogens is 1. The molecule has 0 aliphatic rings. The van der Waals surface area contributed by atoms with Crippen molar-refractivity contribution < 1.29 is 4.74 Å². The molecule has 5 nitrogen and oxygen atoms in total. The first-order chi connectivity index (χ1) is 14.6. The zero-order valence-corrected chi connectivity index (χ0v) is 17.3. The second-order valence-electron chi connectivity index (χ2n) is 7.02. The van der Waals surface area contributed by atoms with Crippen LogP contribution in [0.2, 0.25) is 5.02 Å². The molecule has 148 valence electrons. The molecule has 3 aromatic heterocycles. The predicted molar refractivity (Wildman–Crippen MR) is 119 cm³/mol. The van der Waals surface area contributed by atoms with Crippen LogP contribution in [0.3, 0.4) is 0 Å². The molecule has 0 saturated carbocycles. The number of aryl methyl sites for hydroxylation is 1. The van der Waals surface area contributed by atoms with Gasteiger partial charge in [0.1, 0.15) is 11.6 Å². The van der Waals surface area contributed by atoms with E-state index in [1.165, 1.54) is 0 Å². The Bertz CT molecular complexity index is 1340. The van der Waals surface area contributed by atoms with Crippen molar-refractivity contribution >= 4 is 17.2 Å². The monoisotopic (exact) mass is 414 g/mol. The fourth-order valence-electron chi connectivity index (χ4n) is 3.68. The molecule has 2 aromatic carbocycles. The van der Waals surface area contributed by atoms with Crippen LogP contribution in [0, 0.1) is 6.92 Å². The lowest BCUT2D eigenvalue weighted by atomic mass is 10.1. The standard InChI is InChI=1S/C24H19ClN4O/c1-16-23(17-8-10-20(30-2)11-9-17)24-26-22(28-12-3-4-13-28)15-21(29(24)27-16)18-6-5-7-19(25)14-18/h3-15H,1-2H3. The molecule has 0 fully saturated rings. The Hall–Kier alpha value is -3.57. The highest BCUT2D eigenvalue weighted by atomic mass is 35.5. The molecule has 0 bridgehead atoms. The number of rotatable bonds is 4. The summed E-state index contributed by atoms with van der Waals surface area (Å²) in [7, 11) is 1.66. The number of ether oxygens (including phenoxy) is 1. The van der Waals surface area contributed by atoms with Crippen LogP contribution >= 0.6 is 11.6 Å². The molecular weight excluding hydrogens is 396 g/mol. The summed E-state index contributed by atoms with van der Waals surface area (Å²) < 4.78 is 9.20. The summed E-state index contributed by atoms with van der Waals surface area (Å²) in [4.78, 5) is 4.97. The third kappa shape index (κ3) is 3.13. The minimum absolute atomic E-state index is 0.680. The molecule has 0 amide bonds. The molecule has 0 atom stereocenters. The molecule has 0 saturated heterocycles. The van der Waals surface area contributed by atoms with Gasteiger partial charge >= 0.3 is 0 Å². The molecule has 0 spiro atoms. The maximum Gasteiger partial charge on any atom is 0.166 e. The van der Waals surface area contributed by atoms with E-state index in [-0.39, 0.29) is 0 Å². The number of benzene rings is 2. The summed E-state index contributed by atoms with van der Waals surface area (Å²) >= 11 is 6.28. The van der Waals surface area contributed by atoms with Crippen molar-refractivity contribution in [2.45, 2.75) is 6.92 Å². The average molecular weight is 415 g/mol. The lowest BCUT2D eigenvalue weighted by Crippen LogP contribution is -2.02. The molecule has 0 unspecified atom stereocenters.